The van der Waals surface area contributed by atoms with Crippen LogP contribution in [0.4, 0.5) is 18.9 Å². The maximum Gasteiger partial charge on any atom is 0.435 e. The Morgan fingerprint density at radius 3 is 2.71 bits per heavy atom. The molecule has 0 aliphatic rings. The zero-order chi connectivity index (χ0) is 24.6. The van der Waals surface area contributed by atoms with Crippen LogP contribution in [-0.2, 0) is 12.7 Å². The Kier molecular flexibility index (Phi) is 6.27. The monoisotopic (exact) mass is 516 g/mol. The smallest absolute Gasteiger partial charge is 0.435 e. The Balaban J connectivity index is 1.56. The summed E-state index contributed by atoms with van der Waals surface area (Å²) in [5.41, 5.74) is -1.99. The van der Waals surface area contributed by atoms with Gasteiger partial charge in [0.2, 0.25) is 5.28 Å². The predicted molar refractivity (Wildman–Crippen MR) is 113 cm³/mol. The summed E-state index contributed by atoms with van der Waals surface area (Å²) in [5, 5.41) is 20.3. The summed E-state index contributed by atoms with van der Waals surface area (Å²) in [6.07, 6.45) is -2.09. The van der Waals surface area contributed by atoms with Gasteiger partial charge < -0.3 is 4.74 Å². The minimum absolute atomic E-state index is 0.00633. The van der Waals surface area contributed by atoms with Gasteiger partial charge in [-0.1, -0.05) is 11.6 Å². The number of alkyl halides is 3. The lowest BCUT2D eigenvalue weighted by molar-refractivity contribution is -0.386. The molecule has 0 aliphatic carbocycles. The number of hydrogen-bond acceptors (Lipinski definition) is 8. The number of nitrogens with zero attached hydrogens (tertiary/aromatic N) is 8. The van der Waals surface area contributed by atoms with Gasteiger partial charge in [0.1, 0.15) is 5.69 Å². The van der Waals surface area contributed by atoms with Crippen molar-refractivity contribution in [2.45, 2.75) is 26.1 Å². The number of aryl methyl sites for hydroxylation is 1. The number of rotatable bonds is 7. The molecular formula is C18H13Cl2F3N8O3. The lowest BCUT2D eigenvalue weighted by atomic mass is 10.2. The van der Waals surface area contributed by atoms with Crippen LogP contribution in [-0.4, -0.2) is 46.0 Å². The normalized spacial score (nSPS) is 11.8. The molecule has 0 saturated carbocycles. The van der Waals surface area contributed by atoms with E-state index in [-0.39, 0.29) is 29.3 Å². The molecule has 0 saturated heterocycles. The molecule has 0 bridgehead atoms. The van der Waals surface area contributed by atoms with E-state index in [9.17, 15) is 23.3 Å². The fourth-order valence-electron chi connectivity index (χ4n) is 3.24. The molecular weight excluding hydrogens is 504 g/mol. The van der Waals surface area contributed by atoms with Crippen LogP contribution in [0.15, 0.2) is 24.5 Å². The van der Waals surface area contributed by atoms with Crippen LogP contribution in [0.2, 0.25) is 10.4 Å². The van der Waals surface area contributed by atoms with E-state index in [0.717, 1.165) is 16.9 Å². The quantitative estimate of drug-likeness (QED) is 0.153. The van der Waals surface area contributed by atoms with Crippen LogP contribution in [0.3, 0.4) is 0 Å². The molecule has 0 amide bonds. The zero-order valence-electron chi connectivity index (χ0n) is 17.1. The molecule has 0 radical (unpaired) electrons. The van der Waals surface area contributed by atoms with Crippen LogP contribution in [0.5, 0.6) is 5.88 Å². The van der Waals surface area contributed by atoms with Crippen LogP contribution in [0, 0.1) is 17.0 Å². The topological polar surface area (TPSA) is 127 Å². The summed E-state index contributed by atoms with van der Waals surface area (Å²) in [6.45, 7) is 1.46. The van der Waals surface area contributed by atoms with Crippen molar-refractivity contribution in [3.05, 3.63) is 56.5 Å². The minimum Gasteiger partial charge on any atom is -0.472 e. The van der Waals surface area contributed by atoms with Crippen molar-refractivity contribution < 1.29 is 22.8 Å². The summed E-state index contributed by atoms with van der Waals surface area (Å²) in [4.78, 5) is 22.1. The average Bonchev–Trinajstić information content (AvgIpc) is 3.26. The van der Waals surface area contributed by atoms with Crippen LogP contribution in [0.1, 0.15) is 17.8 Å². The largest absolute Gasteiger partial charge is 0.472 e. The zero-order valence-corrected chi connectivity index (χ0v) is 18.6. The SMILES string of the molecule is Cc1c([N+](=O)[O-])c(OCCCn2nc(Cl)c3cnc(Cl)nc32)nn1-c1cccnc1C(F)(F)F. The number of pyridine rings is 1. The Morgan fingerprint density at radius 1 is 1.24 bits per heavy atom. The first-order valence-electron chi connectivity index (χ1n) is 9.52. The molecule has 4 heterocycles. The van der Waals surface area contributed by atoms with Crippen LogP contribution < -0.4 is 4.74 Å². The second kappa shape index (κ2) is 9.02. The third-order valence-corrected chi connectivity index (χ3v) is 5.15. The van der Waals surface area contributed by atoms with Crippen molar-refractivity contribution >= 4 is 39.9 Å². The molecule has 34 heavy (non-hydrogen) atoms. The van der Waals surface area contributed by atoms with Crippen molar-refractivity contribution in [2.75, 3.05) is 6.61 Å². The van der Waals surface area contributed by atoms with Gasteiger partial charge in [0, 0.05) is 25.4 Å². The van der Waals surface area contributed by atoms with Gasteiger partial charge in [0.15, 0.2) is 16.5 Å². The Hall–Kier alpha value is -3.52. The summed E-state index contributed by atoms with van der Waals surface area (Å²) < 4.78 is 47.9. The Bertz CT molecular complexity index is 1390. The van der Waals surface area contributed by atoms with E-state index in [4.69, 9.17) is 27.9 Å². The molecule has 0 N–H and O–H groups in total. The molecule has 0 atom stereocenters. The van der Waals surface area contributed by atoms with Gasteiger partial charge >= 0.3 is 17.7 Å². The van der Waals surface area contributed by atoms with Crippen LogP contribution in [0.25, 0.3) is 16.7 Å². The molecule has 16 heteroatoms. The highest BCUT2D eigenvalue weighted by Crippen LogP contribution is 2.36. The molecule has 4 aromatic rings. The number of ether oxygens (including phenoxy) is 1. The first-order chi connectivity index (χ1) is 16.1. The first kappa shape index (κ1) is 23.6. The summed E-state index contributed by atoms with van der Waals surface area (Å²) in [5.74, 6) is -0.423. The van der Waals surface area contributed by atoms with Gasteiger partial charge in [-0.2, -0.15) is 23.3 Å². The minimum atomic E-state index is -4.79. The van der Waals surface area contributed by atoms with E-state index in [0.29, 0.717) is 17.5 Å². The third-order valence-electron chi connectivity index (χ3n) is 4.69. The van der Waals surface area contributed by atoms with E-state index in [1.165, 1.54) is 23.9 Å². The first-order valence-corrected chi connectivity index (χ1v) is 10.3. The van der Waals surface area contributed by atoms with Gasteiger partial charge in [0.05, 0.1) is 22.6 Å². The van der Waals surface area contributed by atoms with E-state index < -0.39 is 34.0 Å². The second-order valence-corrected chi connectivity index (χ2v) is 7.57. The standard InChI is InChI=1S/C18H13Cl2F3N8O3/c1-9-12(31(32)33)16(28-30(9)11-4-2-5-24-13(11)18(21,22)23)34-7-3-6-29-15-10(14(19)27-29)8-25-17(20)26-15/h2,4-5,8H,3,6-7H2,1H3. The summed E-state index contributed by atoms with van der Waals surface area (Å²) in [7, 11) is 0. The Morgan fingerprint density at radius 2 is 2.00 bits per heavy atom. The Labute approximate surface area is 198 Å². The van der Waals surface area contributed by atoms with Gasteiger partial charge in [0.25, 0.3) is 0 Å². The molecule has 0 unspecified atom stereocenters. The van der Waals surface area contributed by atoms with Gasteiger partial charge in [-0.15, -0.1) is 5.10 Å². The van der Waals surface area contributed by atoms with Crippen molar-refractivity contribution in [1.29, 1.82) is 0 Å². The number of aromatic nitrogens is 7. The highest BCUT2D eigenvalue weighted by molar-refractivity contribution is 6.34. The van der Waals surface area contributed by atoms with Crippen molar-refractivity contribution in [2.24, 2.45) is 0 Å². The molecule has 0 spiro atoms. The molecule has 4 aromatic heterocycles. The fraction of sp³-hybridized carbons (Fsp3) is 0.278. The maximum atomic E-state index is 13.4. The average molecular weight is 517 g/mol. The molecule has 0 fully saturated rings. The van der Waals surface area contributed by atoms with Gasteiger partial charge in [-0.25, -0.2) is 19.3 Å². The van der Waals surface area contributed by atoms with Crippen molar-refractivity contribution in [1.82, 2.24) is 34.5 Å². The van der Waals surface area contributed by atoms with Crippen LogP contribution >= 0.6 is 23.2 Å². The fourth-order valence-corrected chi connectivity index (χ4v) is 3.59. The number of nitro groups is 1. The third kappa shape index (κ3) is 4.46. The van der Waals surface area contributed by atoms with E-state index in [1.807, 2.05) is 0 Å². The molecule has 178 valence electrons. The molecule has 0 aliphatic heterocycles. The second-order valence-electron chi connectivity index (χ2n) is 6.87. The van der Waals surface area contributed by atoms with E-state index >= 15 is 0 Å². The highest BCUT2D eigenvalue weighted by Gasteiger charge is 2.38. The van der Waals surface area contributed by atoms with E-state index in [1.54, 1.807) is 0 Å². The number of halogens is 5. The summed E-state index contributed by atoms with van der Waals surface area (Å²) >= 11 is 11.9. The predicted octanol–water partition coefficient (Wildman–Crippen LogP) is 4.42. The molecule has 4 rings (SSSR count). The lowest BCUT2D eigenvalue weighted by Gasteiger charge is -2.11. The lowest BCUT2D eigenvalue weighted by Crippen LogP contribution is -2.14. The van der Waals surface area contributed by atoms with E-state index in [2.05, 4.69) is 25.1 Å². The van der Waals surface area contributed by atoms with Gasteiger partial charge in [-0.05, 0) is 30.7 Å². The molecule has 11 nitrogen and oxygen atoms in total. The van der Waals surface area contributed by atoms with Gasteiger partial charge in [-0.3, -0.25) is 10.1 Å². The summed E-state index contributed by atoms with van der Waals surface area (Å²) in [6, 6.07) is 2.39. The van der Waals surface area contributed by atoms with Crippen molar-refractivity contribution in [3.8, 4) is 11.6 Å². The number of fused-ring (bicyclic) bond motifs is 1. The van der Waals surface area contributed by atoms with Crippen molar-refractivity contribution in [3.63, 3.8) is 0 Å². The highest BCUT2D eigenvalue weighted by atomic mass is 35.5. The number of hydrogen-bond donors (Lipinski definition) is 0. The maximum absolute atomic E-state index is 13.4. The molecule has 0 aromatic carbocycles.